The lowest BCUT2D eigenvalue weighted by Crippen LogP contribution is -2.38. The molecule has 1 atom stereocenters. The number of carbonyl (C=O) groups is 2. The number of nitrogens with zero attached hydrogens (tertiary/aromatic N) is 1. The maximum Gasteiger partial charge on any atom is 0.305 e. The standard InChI is InChI=1S/C20H35NO3/c1-4-7-10-11-14-18(17-19(22)23)20(24)21(15-12-8-5-2)16-13-9-6-3/h18H,4-10,12-13,15-17H2,1-3H3,(H,22,23). The Kier molecular flexibility index (Phi) is 14.1. The fourth-order valence-corrected chi connectivity index (χ4v) is 2.49. The van der Waals surface area contributed by atoms with Crippen LogP contribution in [0.1, 0.15) is 85.0 Å². The number of hydrogen-bond donors (Lipinski definition) is 1. The van der Waals surface area contributed by atoms with Crippen LogP contribution in [0.3, 0.4) is 0 Å². The van der Waals surface area contributed by atoms with Gasteiger partial charge in [0.25, 0.3) is 0 Å². The molecule has 24 heavy (non-hydrogen) atoms. The summed E-state index contributed by atoms with van der Waals surface area (Å²) in [7, 11) is 0. The monoisotopic (exact) mass is 337 g/mol. The van der Waals surface area contributed by atoms with Crippen LogP contribution >= 0.6 is 0 Å². The predicted molar refractivity (Wildman–Crippen MR) is 98.7 cm³/mol. The van der Waals surface area contributed by atoms with Crippen molar-refractivity contribution in [1.29, 1.82) is 0 Å². The summed E-state index contributed by atoms with van der Waals surface area (Å²) < 4.78 is 0. The first kappa shape index (κ1) is 22.5. The van der Waals surface area contributed by atoms with E-state index in [1.165, 1.54) is 0 Å². The Labute approximate surface area is 148 Å². The molecule has 0 saturated carbocycles. The fourth-order valence-electron chi connectivity index (χ4n) is 2.49. The third kappa shape index (κ3) is 11.1. The average Bonchev–Trinajstić information content (AvgIpc) is 2.55. The van der Waals surface area contributed by atoms with Gasteiger partial charge in [-0.1, -0.05) is 58.8 Å². The zero-order chi connectivity index (χ0) is 18.2. The number of hydrogen-bond acceptors (Lipinski definition) is 2. The maximum absolute atomic E-state index is 12.8. The van der Waals surface area contributed by atoms with Gasteiger partial charge in [0.1, 0.15) is 5.92 Å². The van der Waals surface area contributed by atoms with Gasteiger partial charge in [0, 0.05) is 19.5 Å². The highest BCUT2D eigenvalue weighted by atomic mass is 16.4. The van der Waals surface area contributed by atoms with Gasteiger partial charge in [-0.15, -0.1) is 5.92 Å². The highest BCUT2D eigenvalue weighted by Gasteiger charge is 2.24. The lowest BCUT2D eigenvalue weighted by molar-refractivity contribution is -0.143. The Hall–Kier alpha value is -1.50. The molecule has 0 aliphatic rings. The molecule has 0 radical (unpaired) electrons. The van der Waals surface area contributed by atoms with Crippen molar-refractivity contribution in [2.75, 3.05) is 13.1 Å². The molecule has 1 unspecified atom stereocenters. The van der Waals surface area contributed by atoms with Crippen LogP contribution in [-0.4, -0.2) is 35.0 Å². The molecule has 0 spiro atoms. The minimum Gasteiger partial charge on any atom is -0.481 e. The van der Waals surface area contributed by atoms with Gasteiger partial charge in [0.15, 0.2) is 0 Å². The van der Waals surface area contributed by atoms with Crippen molar-refractivity contribution in [3.05, 3.63) is 0 Å². The summed E-state index contributed by atoms with van der Waals surface area (Å²) in [5.74, 6) is 4.16. The van der Waals surface area contributed by atoms with Crippen molar-refractivity contribution in [2.24, 2.45) is 5.92 Å². The highest BCUT2D eigenvalue weighted by Crippen LogP contribution is 2.12. The summed E-state index contributed by atoms with van der Waals surface area (Å²) in [5, 5.41) is 9.11. The first-order valence-electron chi connectivity index (χ1n) is 9.55. The summed E-state index contributed by atoms with van der Waals surface area (Å²) in [6.45, 7) is 7.78. The third-order valence-electron chi connectivity index (χ3n) is 3.98. The van der Waals surface area contributed by atoms with Crippen molar-refractivity contribution in [3.63, 3.8) is 0 Å². The Balaban J connectivity index is 4.91. The molecule has 0 aliphatic carbocycles. The van der Waals surface area contributed by atoms with Crippen LogP contribution in [0, 0.1) is 17.8 Å². The van der Waals surface area contributed by atoms with E-state index in [-0.39, 0.29) is 12.3 Å². The number of carboxylic acid groups (broad SMARTS) is 1. The lowest BCUT2D eigenvalue weighted by atomic mass is 10.0. The van der Waals surface area contributed by atoms with Crippen LogP contribution in [-0.2, 0) is 9.59 Å². The van der Waals surface area contributed by atoms with Gasteiger partial charge in [0.05, 0.1) is 6.42 Å². The molecular weight excluding hydrogens is 302 g/mol. The molecule has 0 rings (SSSR count). The van der Waals surface area contributed by atoms with Crippen LogP contribution in [0.15, 0.2) is 0 Å². The second kappa shape index (κ2) is 15.1. The smallest absolute Gasteiger partial charge is 0.305 e. The number of aliphatic carboxylic acids is 1. The van der Waals surface area contributed by atoms with E-state index in [9.17, 15) is 9.59 Å². The molecule has 0 saturated heterocycles. The van der Waals surface area contributed by atoms with E-state index in [2.05, 4.69) is 32.6 Å². The maximum atomic E-state index is 12.8. The molecule has 4 nitrogen and oxygen atoms in total. The second-order valence-electron chi connectivity index (χ2n) is 6.31. The van der Waals surface area contributed by atoms with Gasteiger partial charge in [-0.3, -0.25) is 9.59 Å². The largest absolute Gasteiger partial charge is 0.481 e. The fraction of sp³-hybridized carbons (Fsp3) is 0.800. The molecule has 1 N–H and O–H groups in total. The molecule has 1 amide bonds. The topological polar surface area (TPSA) is 57.6 Å². The highest BCUT2D eigenvalue weighted by molar-refractivity contribution is 5.85. The van der Waals surface area contributed by atoms with Crippen molar-refractivity contribution >= 4 is 11.9 Å². The Morgan fingerprint density at radius 1 is 0.917 bits per heavy atom. The Morgan fingerprint density at radius 2 is 1.46 bits per heavy atom. The number of carboxylic acids is 1. The zero-order valence-corrected chi connectivity index (χ0v) is 15.8. The zero-order valence-electron chi connectivity index (χ0n) is 15.8. The van der Waals surface area contributed by atoms with Crippen LogP contribution in [0.4, 0.5) is 0 Å². The van der Waals surface area contributed by atoms with Crippen molar-refractivity contribution in [3.8, 4) is 11.8 Å². The van der Waals surface area contributed by atoms with E-state index >= 15 is 0 Å². The predicted octanol–water partition coefficient (Wildman–Crippen LogP) is 4.48. The normalized spacial score (nSPS) is 11.5. The third-order valence-corrected chi connectivity index (χ3v) is 3.98. The Morgan fingerprint density at radius 3 is 1.92 bits per heavy atom. The van der Waals surface area contributed by atoms with Gasteiger partial charge >= 0.3 is 5.97 Å². The van der Waals surface area contributed by atoms with Crippen LogP contribution < -0.4 is 0 Å². The van der Waals surface area contributed by atoms with E-state index < -0.39 is 11.9 Å². The van der Waals surface area contributed by atoms with Crippen molar-refractivity contribution < 1.29 is 14.7 Å². The summed E-state index contributed by atoms with van der Waals surface area (Å²) >= 11 is 0. The molecule has 0 aromatic carbocycles. The molecule has 4 heteroatoms. The summed E-state index contributed by atoms with van der Waals surface area (Å²) in [6.07, 6.45) is 8.88. The van der Waals surface area contributed by atoms with Crippen LogP contribution in [0.25, 0.3) is 0 Å². The van der Waals surface area contributed by atoms with Gasteiger partial charge in [-0.2, -0.15) is 0 Å². The molecule has 0 aliphatic heterocycles. The molecule has 0 aromatic heterocycles. The van der Waals surface area contributed by atoms with Gasteiger partial charge in [0.2, 0.25) is 5.91 Å². The first-order valence-corrected chi connectivity index (χ1v) is 9.55. The molecule has 0 fully saturated rings. The molecular formula is C20H35NO3. The SMILES string of the molecule is CCCCC#CC(CC(=O)O)C(=O)N(CCCCC)CCCCC. The summed E-state index contributed by atoms with van der Waals surface area (Å²) in [4.78, 5) is 25.7. The van der Waals surface area contributed by atoms with E-state index in [1.807, 2.05) is 4.90 Å². The van der Waals surface area contributed by atoms with E-state index in [0.29, 0.717) is 13.1 Å². The summed E-state index contributed by atoms with van der Waals surface area (Å²) in [5.41, 5.74) is 0. The van der Waals surface area contributed by atoms with Gasteiger partial charge in [-0.05, 0) is 19.3 Å². The van der Waals surface area contributed by atoms with E-state index in [4.69, 9.17) is 5.11 Å². The number of unbranched alkanes of at least 4 members (excludes halogenated alkanes) is 6. The lowest BCUT2D eigenvalue weighted by Gasteiger charge is -2.25. The summed E-state index contributed by atoms with van der Waals surface area (Å²) in [6, 6.07) is 0. The van der Waals surface area contributed by atoms with Gasteiger partial charge < -0.3 is 10.0 Å². The molecule has 0 aromatic rings. The second-order valence-corrected chi connectivity index (χ2v) is 6.31. The number of rotatable bonds is 13. The molecule has 138 valence electrons. The number of carbonyl (C=O) groups excluding carboxylic acids is 1. The first-order chi connectivity index (χ1) is 11.6. The number of amides is 1. The van der Waals surface area contributed by atoms with Crippen LogP contribution in [0.5, 0.6) is 0 Å². The minimum atomic E-state index is -0.958. The van der Waals surface area contributed by atoms with Crippen LogP contribution in [0.2, 0.25) is 0 Å². The van der Waals surface area contributed by atoms with Gasteiger partial charge in [-0.25, -0.2) is 0 Å². The minimum absolute atomic E-state index is 0.103. The van der Waals surface area contributed by atoms with E-state index in [0.717, 1.165) is 57.8 Å². The molecule has 0 bridgehead atoms. The Bertz CT molecular complexity index is 399. The average molecular weight is 338 g/mol. The quantitative estimate of drug-likeness (QED) is 0.398. The van der Waals surface area contributed by atoms with E-state index in [1.54, 1.807) is 0 Å². The molecule has 0 heterocycles. The van der Waals surface area contributed by atoms with Crippen molar-refractivity contribution in [1.82, 2.24) is 4.90 Å². The van der Waals surface area contributed by atoms with Crippen molar-refractivity contribution in [2.45, 2.75) is 85.0 Å².